The molecule has 1 N–H and O–H groups in total. The lowest BCUT2D eigenvalue weighted by atomic mass is 9.86. The first kappa shape index (κ1) is 11.0. The van der Waals surface area contributed by atoms with Crippen molar-refractivity contribution in [3.05, 3.63) is 0 Å². The lowest BCUT2D eigenvalue weighted by Crippen LogP contribution is -2.66. The number of nitrogens with zero attached hydrogens (tertiary/aromatic N) is 1. The largest absolute Gasteiger partial charge is 0.308 e. The van der Waals surface area contributed by atoms with Gasteiger partial charge in [-0.3, -0.25) is 4.90 Å². The molecule has 0 amide bonds. The summed E-state index contributed by atoms with van der Waals surface area (Å²) >= 11 is 0. The average molecular weight is 184 g/mol. The molecule has 1 aliphatic rings. The minimum atomic E-state index is 0.323. The molecule has 2 atom stereocenters. The highest BCUT2D eigenvalue weighted by Gasteiger charge is 2.38. The van der Waals surface area contributed by atoms with Crippen LogP contribution in [-0.2, 0) is 0 Å². The maximum atomic E-state index is 3.68. The third-order valence-electron chi connectivity index (χ3n) is 3.95. The molecule has 2 unspecified atom stereocenters. The number of hydrogen-bond donors (Lipinski definition) is 1. The van der Waals surface area contributed by atoms with E-state index in [1.165, 1.54) is 12.8 Å². The molecule has 13 heavy (non-hydrogen) atoms. The number of rotatable bonds is 2. The van der Waals surface area contributed by atoms with Gasteiger partial charge in [0.2, 0.25) is 0 Å². The Balaban J connectivity index is 2.66. The molecule has 2 nitrogen and oxygen atoms in total. The van der Waals surface area contributed by atoms with E-state index in [1.54, 1.807) is 0 Å². The van der Waals surface area contributed by atoms with Crippen molar-refractivity contribution in [3.8, 4) is 0 Å². The fourth-order valence-electron chi connectivity index (χ4n) is 1.94. The van der Waals surface area contributed by atoms with Gasteiger partial charge in [-0.05, 0) is 33.7 Å². The SMILES string of the molecule is CCC1(C)CN(C)C(C)(CC)CN1. The van der Waals surface area contributed by atoms with E-state index in [-0.39, 0.29) is 0 Å². The summed E-state index contributed by atoms with van der Waals surface area (Å²) in [7, 11) is 2.25. The summed E-state index contributed by atoms with van der Waals surface area (Å²) < 4.78 is 0. The molecule has 0 aromatic heterocycles. The summed E-state index contributed by atoms with van der Waals surface area (Å²) in [5, 5.41) is 3.68. The summed E-state index contributed by atoms with van der Waals surface area (Å²) in [5.41, 5.74) is 0.679. The van der Waals surface area contributed by atoms with Crippen LogP contribution in [0, 0.1) is 0 Å². The standard InChI is InChI=1S/C11H24N2/c1-6-10(3)9-13(5)11(4,7-2)8-12-10/h12H,6-9H2,1-5H3. The van der Waals surface area contributed by atoms with E-state index in [0.29, 0.717) is 11.1 Å². The van der Waals surface area contributed by atoms with Crippen molar-refractivity contribution in [3.63, 3.8) is 0 Å². The van der Waals surface area contributed by atoms with Crippen LogP contribution in [0.1, 0.15) is 40.5 Å². The summed E-state index contributed by atoms with van der Waals surface area (Å²) in [4.78, 5) is 2.51. The number of piperazine rings is 1. The molecule has 1 heterocycles. The van der Waals surface area contributed by atoms with Crippen molar-refractivity contribution in [1.82, 2.24) is 10.2 Å². The van der Waals surface area contributed by atoms with Crippen LogP contribution in [-0.4, -0.2) is 36.1 Å². The number of nitrogens with one attached hydrogen (secondary N) is 1. The minimum absolute atomic E-state index is 0.323. The first-order valence-corrected chi connectivity index (χ1v) is 5.42. The first-order chi connectivity index (χ1) is 5.96. The summed E-state index contributed by atoms with van der Waals surface area (Å²) in [5.74, 6) is 0. The summed E-state index contributed by atoms with van der Waals surface area (Å²) in [6.45, 7) is 11.5. The molecule has 1 saturated heterocycles. The van der Waals surface area contributed by atoms with Gasteiger partial charge in [-0.2, -0.15) is 0 Å². The van der Waals surface area contributed by atoms with E-state index in [9.17, 15) is 0 Å². The second-order valence-corrected chi connectivity index (χ2v) is 4.97. The van der Waals surface area contributed by atoms with Crippen LogP contribution in [0.25, 0.3) is 0 Å². The Morgan fingerprint density at radius 2 is 1.85 bits per heavy atom. The smallest absolute Gasteiger partial charge is 0.0301 e. The molecular weight excluding hydrogens is 160 g/mol. The predicted molar refractivity (Wildman–Crippen MR) is 58.0 cm³/mol. The minimum Gasteiger partial charge on any atom is -0.308 e. The van der Waals surface area contributed by atoms with Crippen molar-refractivity contribution >= 4 is 0 Å². The molecule has 1 rings (SSSR count). The molecule has 1 aliphatic heterocycles. The highest BCUT2D eigenvalue weighted by molar-refractivity contribution is 4.99. The molecule has 0 spiro atoms. The highest BCUT2D eigenvalue weighted by atomic mass is 15.3. The normalized spacial score (nSPS) is 42.2. The zero-order valence-corrected chi connectivity index (χ0v) is 9.78. The van der Waals surface area contributed by atoms with Gasteiger partial charge in [0.25, 0.3) is 0 Å². The van der Waals surface area contributed by atoms with E-state index in [0.717, 1.165) is 13.1 Å². The zero-order valence-electron chi connectivity index (χ0n) is 9.78. The van der Waals surface area contributed by atoms with Gasteiger partial charge in [0.15, 0.2) is 0 Å². The number of hydrogen-bond acceptors (Lipinski definition) is 2. The average Bonchev–Trinajstić information content (AvgIpc) is 2.13. The van der Waals surface area contributed by atoms with E-state index >= 15 is 0 Å². The third-order valence-corrected chi connectivity index (χ3v) is 3.95. The molecule has 0 aliphatic carbocycles. The summed E-state index contributed by atoms with van der Waals surface area (Å²) in [6.07, 6.45) is 2.42. The van der Waals surface area contributed by atoms with Crippen molar-refractivity contribution in [1.29, 1.82) is 0 Å². The number of likely N-dealkylation sites (N-methyl/N-ethyl adjacent to an activating group) is 1. The Labute approximate surface area is 82.7 Å². The summed E-state index contributed by atoms with van der Waals surface area (Å²) in [6, 6.07) is 0. The van der Waals surface area contributed by atoms with Gasteiger partial charge < -0.3 is 5.32 Å². The lowest BCUT2D eigenvalue weighted by Gasteiger charge is -2.50. The van der Waals surface area contributed by atoms with Gasteiger partial charge in [-0.25, -0.2) is 0 Å². The van der Waals surface area contributed by atoms with Crippen LogP contribution in [0.2, 0.25) is 0 Å². The van der Waals surface area contributed by atoms with E-state index in [4.69, 9.17) is 0 Å². The Kier molecular flexibility index (Phi) is 3.03. The van der Waals surface area contributed by atoms with Crippen molar-refractivity contribution < 1.29 is 0 Å². The van der Waals surface area contributed by atoms with Gasteiger partial charge >= 0.3 is 0 Å². The van der Waals surface area contributed by atoms with Crippen LogP contribution >= 0.6 is 0 Å². The maximum absolute atomic E-state index is 3.68. The predicted octanol–water partition coefficient (Wildman–Crippen LogP) is 1.86. The van der Waals surface area contributed by atoms with Crippen LogP contribution in [0.3, 0.4) is 0 Å². The molecular formula is C11H24N2. The molecule has 0 radical (unpaired) electrons. The topological polar surface area (TPSA) is 15.3 Å². The Hall–Kier alpha value is -0.0800. The van der Waals surface area contributed by atoms with Crippen molar-refractivity contribution in [2.24, 2.45) is 0 Å². The third kappa shape index (κ3) is 2.05. The molecule has 0 saturated carbocycles. The highest BCUT2D eigenvalue weighted by Crippen LogP contribution is 2.26. The monoisotopic (exact) mass is 184 g/mol. The fraction of sp³-hybridized carbons (Fsp3) is 1.00. The second kappa shape index (κ2) is 3.58. The lowest BCUT2D eigenvalue weighted by molar-refractivity contribution is 0.0397. The van der Waals surface area contributed by atoms with Crippen molar-refractivity contribution in [2.75, 3.05) is 20.1 Å². The molecule has 0 aromatic carbocycles. The van der Waals surface area contributed by atoms with Gasteiger partial charge in [0.1, 0.15) is 0 Å². The zero-order chi connectivity index (χ0) is 10.1. The van der Waals surface area contributed by atoms with Gasteiger partial charge in [-0.15, -0.1) is 0 Å². The fourth-order valence-corrected chi connectivity index (χ4v) is 1.94. The molecule has 0 bridgehead atoms. The maximum Gasteiger partial charge on any atom is 0.0301 e. The quantitative estimate of drug-likeness (QED) is 0.704. The molecule has 78 valence electrons. The van der Waals surface area contributed by atoms with Crippen LogP contribution in [0.4, 0.5) is 0 Å². The van der Waals surface area contributed by atoms with Gasteiger partial charge in [0, 0.05) is 24.2 Å². The first-order valence-electron chi connectivity index (χ1n) is 5.42. The second-order valence-electron chi connectivity index (χ2n) is 4.97. The Morgan fingerprint density at radius 3 is 2.23 bits per heavy atom. The molecule has 2 heteroatoms. The van der Waals surface area contributed by atoms with Crippen LogP contribution in [0.5, 0.6) is 0 Å². The van der Waals surface area contributed by atoms with Gasteiger partial charge in [0.05, 0.1) is 0 Å². The van der Waals surface area contributed by atoms with E-state index < -0.39 is 0 Å². The van der Waals surface area contributed by atoms with Crippen LogP contribution in [0.15, 0.2) is 0 Å². The molecule has 1 fully saturated rings. The van der Waals surface area contributed by atoms with Crippen LogP contribution < -0.4 is 5.32 Å². The van der Waals surface area contributed by atoms with Crippen molar-refractivity contribution in [2.45, 2.75) is 51.6 Å². The molecule has 0 aromatic rings. The Morgan fingerprint density at radius 1 is 1.23 bits per heavy atom. The van der Waals surface area contributed by atoms with E-state index in [1.807, 2.05) is 0 Å². The van der Waals surface area contributed by atoms with Gasteiger partial charge in [-0.1, -0.05) is 13.8 Å². The Bertz CT molecular complexity index is 181. The van der Waals surface area contributed by atoms with E-state index in [2.05, 4.69) is 45.0 Å².